The average Bonchev–Trinajstić information content (AvgIpc) is 2.32. The van der Waals surface area contributed by atoms with E-state index in [1.807, 2.05) is 13.8 Å². The van der Waals surface area contributed by atoms with Crippen LogP contribution < -0.4 is 4.74 Å². The fourth-order valence-corrected chi connectivity index (χ4v) is 1.70. The Morgan fingerprint density at radius 2 is 1.67 bits per heavy atom. The molecule has 1 aromatic rings. The van der Waals surface area contributed by atoms with Gasteiger partial charge in [-0.05, 0) is 43.9 Å². The van der Waals surface area contributed by atoms with Gasteiger partial charge >= 0.3 is 0 Å². The van der Waals surface area contributed by atoms with E-state index >= 15 is 0 Å². The minimum absolute atomic E-state index is 0.0585. The van der Waals surface area contributed by atoms with E-state index in [-0.39, 0.29) is 23.2 Å². The summed E-state index contributed by atoms with van der Waals surface area (Å²) in [6.07, 6.45) is 0.426. The molecule has 0 amide bonds. The van der Waals surface area contributed by atoms with Crippen molar-refractivity contribution in [3.63, 3.8) is 0 Å². The molecule has 2 N–H and O–H groups in total. The van der Waals surface area contributed by atoms with E-state index < -0.39 is 6.29 Å². The molecule has 0 heterocycles. The monoisotopic (exact) mass is 254 g/mol. The molecular weight excluding hydrogens is 232 g/mol. The van der Waals surface area contributed by atoms with E-state index in [0.717, 1.165) is 12.0 Å². The van der Waals surface area contributed by atoms with Gasteiger partial charge in [-0.25, -0.2) is 0 Å². The molecule has 1 rings (SSSR count). The van der Waals surface area contributed by atoms with Crippen LogP contribution in [0.5, 0.6) is 17.2 Å². The first-order valence-corrected chi connectivity index (χ1v) is 6.33. The largest absolute Gasteiger partial charge is 0.504 e. The molecule has 0 aliphatic heterocycles. The van der Waals surface area contributed by atoms with Crippen molar-refractivity contribution in [3.05, 3.63) is 17.7 Å². The zero-order valence-electron chi connectivity index (χ0n) is 11.4. The van der Waals surface area contributed by atoms with Gasteiger partial charge in [0.2, 0.25) is 5.75 Å². The average molecular weight is 254 g/mol. The van der Waals surface area contributed by atoms with Gasteiger partial charge in [0, 0.05) is 6.61 Å². The molecule has 102 valence electrons. The quantitative estimate of drug-likeness (QED) is 0.764. The number of phenols is 2. The number of hydrogen-bond acceptors (Lipinski definition) is 4. The Hall–Kier alpha value is -1.42. The lowest BCUT2D eigenvalue weighted by molar-refractivity contribution is -0.0634. The molecule has 0 bridgehead atoms. The third kappa shape index (κ3) is 3.53. The van der Waals surface area contributed by atoms with Gasteiger partial charge in [0.25, 0.3) is 0 Å². The Morgan fingerprint density at radius 1 is 1.11 bits per heavy atom. The van der Waals surface area contributed by atoms with Crippen molar-refractivity contribution in [2.24, 2.45) is 0 Å². The first-order chi connectivity index (χ1) is 8.49. The predicted octanol–water partition coefficient (Wildman–Crippen LogP) is 3.37. The second-order valence-electron chi connectivity index (χ2n) is 4.34. The molecule has 0 aliphatic rings. The maximum atomic E-state index is 9.89. The molecule has 0 radical (unpaired) electrons. The smallest absolute Gasteiger partial charge is 0.205 e. The van der Waals surface area contributed by atoms with E-state index in [0.29, 0.717) is 6.61 Å². The maximum Gasteiger partial charge on any atom is 0.205 e. The predicted molar refractivity (Wildman–Crippen MR) is 70.2 cm³/mol. The summed E-state index contributed by atoms with van der Waals surface area (Å²) in [5.41, 5.74) is 0.893. The van der Waals surface area contributed by atoms with Crippen LogP contribution in [0.1, 0.15) is 45.6 Å². The van der Waals surface area contributed by atoms with E-state index in [1.165, 1.54) is 0 Å². The summed E-state index contributed by atoms with van der Waals surface area (Å²) < 4.78 is 10.6. The van der Waals surface area contributed by atoms with Gasteiger partial charge < -0.3 is 19.7 Å². The fraction of sp³-hybridized carbons (Fsp3) is 0.571. The van der Waals surface area contributed by atoms with Gasteiger partial charge in [-0.3, -0.25) is 0 Å². The number of benzene rings is 1. The molecule has 0 aliphatic carbocycles. The normalized spacial score (nSPS) is 14.2. The Kier molecular flexibility index (Phi) is 5.28. The minimum Gasteiger partial charge on any atom is -0.504 e. The van der Waals surface area contributed by atoms with Gasteiger partial charge in [-0.2, -0.15) is 0 Å². The van der Waals surface area contributed by atoms with Crippen LogP contribution in [0.15, 0.2) is 12.1 Å². The summed E-state index contributed by atoms with van der Waals surface area (Å²) >= 11 is 0. The van der Waals surface area contributed by atoms with Crippen molar-refractivity contribution < 1.29 is 19.7 Å². The summed E-state index contributed by atoms with van der Waals surface area (Å²) in [5, 5.41) is 19.8. The number of rotatable bonds is 6. The van der Waals surface area contributed by atoms with Crippen LogP contribution in [0, 0.1) is 0 Å². The molecule has 1 aromatic carbocycles. The Bertz CT molecular complexity index is 366. The zero-order chi connectivity index (χ0) is 13.7. The highest BCUT2D eigenvalue weighted by molar-refractivity contribution is 5.52. The summed E-state index contributed by atoms with van der Waals surface area (Å²) in [4.78, 5) is 0. The molecular formula is C14H22O4. The summed E-state index contributed by atoms with van der Waals surface area (Å²) in [6, 6.07) is 3.25. The summed E-state index contributed by atoms with van der Waals surface area (Å²) in [5.74, 6) is 0.233. The lowest BCUT2D eigenvalue weighted by Crippen LogP contribution is -2.16. The molecule has 4 nitrogen and oxygen atoms in total. The molecule has 18 heavy (non-hydrogen) atoms. The third-order valence-corrected chi connectivity index (χ3v) is 2.94. The highest BCUT2D eigenvalue weighted by Gasteiger charge is 2.16. The zero-order valence-corrected chi connectivity index (χ0v) is 11.4. The second kappa shape index (κ2) is 6.50. The molecule has 2 unspecified atom stereocenters. The first-order valence-electron chi connectivity index (χ1n) is 6.33. The van der Waals surface area contributed by atoms with E-state index in [9.17, 15) is 10.2 Å². The van der Waals surface area contributed by atoms with Crippen LogP contribution in [0.2, 0.25) is 0 Å². The highest BCUT2D eigenvalue weighted by Crippen LogP contribution is 2.39. The van der Waals surface area contributed by atoms with Crippen molar-refractivity contribution in [3.8, 4) is 17.2 Å². The van der Waals surface area contributed by atoms with E-state index in [1.54, 1.807) is 19.1 Å². The van der Waals surface area contributed by atoms with Crippen molar-refractivity contribution in [2.45, 2.75) is 46.3 Å². The Morgan fingerprint density at radius 3 is 2.11 bits per heavy atom. The lowest BCUT2D eigenvalue weighted by atomic mass is 9.98. The molecule has 0 fully saturated rings. The first kappa shape index (κ1) is 14.6. The van der Waals surface area contributed by atoms with Crippen LogP contribution in [0.25, 0.3) is 0 Å². The molecule has 4 heteroatoms. The summed E-state index contributed by atoms with van der Waals surface area (Å²) in [7, 11) is 0. The number of hydrogen-bond donors (Lipinski definition) is 2. The molecule has 0 spiro atoms. The van der Waals surface area contributed by atoms with Gasteiger partial charge in [-0.15, -0.1) is 0 Å². The van der Waals surface area contributed by atoms with Crippen molar-refractivity contribution >= 4 is 0 Å². The van der Waals surface area contributed by atoms with Crippen LogP contribution in [-0.2, 0) is 4.74 Å². The number of ether oxygens (including phenoxy) is 2. The standard InChI is InChI=1S/C14H22O4/c1-5-9(3)11-7-12(15)14(13(16)8-11)18-10(4)17-6-2/h7-10,15-16H,5-6H2,1-4H3. The van der Waals surface area contributed by atoms with E-state index in [4.69, 9.17) is 9.47 Å². The van der Waals surface area contributed by atoms with Gasteiger partial charge in [0.05, 0.1) is 0 Å². The Labute approximate surface area is 108 Å². The maximum absolute atomic E-state index is 9.89. The second-order valence-corrected chi connectivity index (χ2v) is 4.34. The van der Waals surface area contributed by atoms with E-state index in [2.05, 4.69) is 6.92 Å². The van der Waals surface area contributed by atoms with Gasteiger partial charge in [0.1, 0.15) is 0 Å². The molecule has 0 aromatic heterocycles. The van der Waals surface area contributed by atoms with Crippen molar-refractivity contribution in [1.82, 2.24) is 0 Å². The molecule has 0 saturated carbocycles. The number of phenolic OH excluding ortho intramolecular Hbond substituents is 2. The topological polar surface area (TPSA) is 58.9 Å². The fourth-order valence-electron chi connectivity index (χ4n) is 1.70. The van der Waals surface area contributed by atoms with Gasteiger partial charge in [0.15, 0.2) is 17.8 Å². The lowest BCUT2D eigenvalue weighted by Gasteiger charge is -2.18. The van der Waals surface area contributed by atoms with Crippen molar-refractivity contribution in [1.29, 1.82) is 0 Å². The molecule has 0 saturated heterocycles. The third-order valence-electron chi connectivity index (χ3n) is 2.94. The number of aromatic hydroxyl groups is 2. The van der Waals surface area contributed by atoms with Crippen molar-refractivity contribution in [2.75, 3.05) is 6.61 Å². The minimum atomic E-state index is -0.513. The van der Waals surface area contributed by atoms with Gasteiger partial charge in [-0.1, -0.05) is 13.8 Å². The van der Waals surface area contributed by atoms with Crippen LogP contribution in [0.3, 0.4) is 0 Å². The van der Waals surface area contributed by atoms with Crippen LogP contribution >= 0.6 is 0 Å². The Balaban J connectivity index is 2.94. The van der Waals surface area contributed by atoms with Crippen LogP contribution in [-0.4, -0.2) is 23.1 Å². The van der Waals surface area contributed by atoms with Crippen LogP contribution in [0.4, 0.5) is 0 Å². The molecule has 2 atom stereocenters. The SMILES string of the molecule is CCOC(C)Oc1c(O)cc(C(C)CC)cc1O. The highest BCUT2D eigenvalue weighted by atomic mass is 16.7. The summed E-state index contributed by atoms with van der Waals surface area (Å²) in [6.45, 7) is 8.17.